The molecule has 0 heterocycles. The summed E-state index contributed by atoms with van der Waals surface area (Å²) in [4.78, 5) is 10.7. The van der Waals surface area contributed by atoms with Gasteiger partial charge in [0.15, 0.2) is 0 Å². The van der Waals surface area contributed by atoms with Crippen molar-refractivity contribution >= 4 is 6.09 Å². The topological polar surface area (TPSA) is 70.8 Å². The van der Waals surface area contributed by atoms with E-state index in [-0.39, 0.29) is 6.61 Å². The normalized spacial score (nSPS) is 14.1. The van der Waals surface area contributed by atoms with Gasteiger partial charge in [0.2, 0.25) is 0 Å². The van der Waals surface area contributed by atoms with Crippen LogP contribution in [0, 0.1) is 6.92 Å². The lowest BCUT2D eigenvalue weighted by atomic mass is 10.1. The van der Waals surface area contributed by atoms with Gasteiger partial charge in [0.1, 0.15) is 0 Å². The zero-order chi connectivity index (χ0) is 12.9. The first-order valence-electron chi connectivity index (χ1n) is 5.19. The van der Waals surface area contributed by atoms with Crippen molar-refractivity contribution < 1.29 is 19.0 Å². The van der Waals surface area contributed by atoms with Crippen LogP contribution in [0.4, 0.5) is 4.79 Å². The third-order valence-electron chi connectivity index (χ3n) is 2.41. The summed E-state index contributed by atoms with van der Waals surface area (Å²) in [5, 5.41) is 0. The van der Waals surface area contributed by atoms with Gasteiger partial charge in [-0.1, -0.05) is 24.3 Å². The van der Waals surface area contributed by atoms with Gasteiger partial charge in [0.25, 0.3) is 0 Å². The fourth-order valence-corrected chi connectivity index (χ4v) is 1.29. The molecule has 1 amide bonds. The van der Waals surface area contributed by atoms with E-state index in [2.05, 4.69) is 0 Å². The fraction of sp³-hybridized carbons (Fsp3) is 0.417. The maximum atomic E-state index is 10.7. The molecule has 0 saturated carbocycles. The van der Waals surface area contributed by atoms with E-state index in [1.54, 1.807) is 0 Å². The molecule has 1 aromatic carbocycles. The van der Waals surface area contributed by atoms with E-state index in [9.17, 15) is 4.79 Å². The monoisotopic (exact) mass is 239 g/mol. The molecule has 5 heteroatoms. The van der Waals surface area contributed by atoms with Crippen LogP contribution < -0.4 is 5.73 Å². The van der Waals surface area contributed by atoms with Crippen molar-refractivity contribution in [3.63, 3.8) is 0 Å². The highest BCUT2D eigenvalue weighted by molar-refractivity contribution is 5.64. The highest BCUT2D eigenvalue weighted by atomic mass is 16.9. The Morgan fingerprint density at radius 3 is 2.59 bits per heavy atom. The molecule has 0 aromatic heterocycles. The number of hydrogen-bond acceptors (Lipinski definition) is 4. The molecule has 5 nitrogen and oxygen atoms in total. The molecule has 0 spiro atoms. The fourth-order valence-electron chi connectivity index (χ4n) is 1.29. The molecular weight excluding hydrogens is 222 g/mol. The van der Waals surface area contributed by atoms with Gasteiger partial charge in [-0.05, 0) is 18.1 Å². The molecule has 2 N–H and O–H groups in total. The molecule has 1 unspecified atom stereocenters. The number of aryl methyl sites for hydroxylation is 1. The summed E-state index contributed by atoms with van der Waals surface area (Å²) in [7, 11) is 1.38. The number of benzene rings is 1. The minimum absolute atomic E-state index is 0.268. The van der Waals surface area contributed by atoms with Crippen molar-refractivity contribution in [3.8, 4) is 0 Å². The molecule has 1 atom stereocenters. The van der Waals surface area contributed by atoms with Gasteiger partial charge in [-0.3, -0.25) is 0 Å². The third-order valence-corrected chi connectivity index (χ3v) is 2.41. The van der Waals surface area contributed by atoms with E-state index in [0.29, 0.717) is 0 Å². The number of nitrogens with two attached hydrogens (primary N) is 1. The lowest BCUT2D eigenvalue weighted by Crippen LogP contribution is -2.38. The number of ether oxygens (including phenoxy) is 3. The van der Waals surface area contributed by atoms with Crippen molar-refractivity contribution in [3.05, 3.63) is 35.4 Å². The van der Waals surface area contributed by atoms with Crippen LogP contribution in [-0.2, 0) is 20.8 Å². The van der Waals surface area contributed by atoms with Crippen LogP contribution in [0.15, 0.2) is 24.3 Å². The van der Waals surface area contributed by atoms with E-state index in [0.717, 1.165) is 11.1 Å². The zero-order valence-electron chi connectivity index (χ0n) is 10.2. The SMILES string of the molecule is COC(C)(OCc1ccccc1C)OC(N)=O. The van der Waals surface area contributed by atoms with Gasteiger partial charge in [0, 0.05) is 14.0 Å². The summed E-state index contributed by atoms with van der Waals surface area (Å²) >= 11 is 0. The maximum absolute atomic E-state index is 10.7. The van der Waals surface area contributed by atoms with E-state index >= 15 is 0 Å². The van der Waals surface area contributed by atoms with Crippen molar-refractivity contribution in [2.45, 2.75) is 26.4 Å². The molecule has 94 valence electrons. The summed E-state index contributed by atoms with van der Waals surface area (Å²) in [6, 6.07) is 7.74. The van der Waals surface area contributed by atoms with Crippen molar-refractivity contribution in [2.24, 2.45) is 5.73 Å². The molecular formula is C12H17NO4. The lowest BCUT2D eigenvalue weighted by molar-refractivity contribution is -0.338. The number of rotatable bonds is 5. The van der Waals surface area contributed by atoms with Crippen LogP contribution in [0.2, 0.25) is 0 Å². The van der Waals surface area contributed by atoms with E-state index < -0.39 is 12.1 Å². The number of primary amides is 1. The molecule has 0 radical (unpaired) electrons. The highest BCUT2D eigenvalue weighted by Crippen LogP contribution is 2.17. The summed E-state index contributed by atoms with van der Waals surface area (Å²) < 4.78 is 15.1. The summed E-state index contributed by atoms with van der Waals surface area (Å²) in [5.41, 5.74) is 7.01. The Morgan fingerprint density at radius 1 is 1.41 bits per heavy atom. The largest absolute Gasteiger partial charge is 0.408 e. The van der Waals surface area contributed by atoms with Crippen LogP contribution in [0.5, 0.6) is 0 Å². The van der Waals surface area contributed by atoms with Crippen LogP contribution in [0.1, 0.15) is 18.1 Å². The Labute approximate surface area is 100 Å². The highest BCUT2D eigenvalue weighted by Gasteiger charge is 2.29. The maximum Gasteiger partial charge on any atom is 0.408 e. The molecule has 1 aromatic rings. The summed E-state index contributed by atoms with van der Waals surface area (Å²) in [6.45, 7) is 3.72. The van der Waals surface area contributed by atoms with Crippen LogP contribution in [0.3, 0.4) is 0 Å². The lowest BCUT2D eigenvalue weighted by Gasteiger charge is -2.26. The third kappa shape index (κ3) is 4.05. The van der Waals surface area contributed by atoms with Gasteiger partial charge in [-0.2, -0.15) is 0 Å². The molecule has 1 rings (SSSR count). The number of methoxy groups -OCH3 is 1. The van der Waals surface area contributed by atoms with Gasteiger partial charge in [-0.15, -0.1) is 0 Å². The predicted octanol–water partition coefficient (Wildman–Crippen LogP) is 1.93. The van der Waals surface area contributed by atoms with E-state index in [4.69, 9.17) is 19.9 Å². The molecule has 0 aliphatic carbocycles. The van der Waals surface area contributed by atoms with Gasteiger partial charge < -0.3 is 19.9 Å². The number of carbonyl (C=O) groups excluding carboxylic acids is 1. The first kappa shape index (κ1) is 13.5. The molecule has 0 aliphatic heterocycles. The minimum Gasteiger partial charge on any atom is -0.392 e. The second kappa shape index (κ2) is 5.65. The number of amides is 1. The average molecular weight is 239 g/mol. The molecule has 0 bridgehead atoms. The Morgan fingerprint density at radius 2 is 2.06 bits per heavy atom. The molecule has 0 aliphatic rings. The van der Waals surface area contributed by atoms with Crippen LogP contribution >= 0.6 is 0 Å². The van der Waals surface area contributed by atoms with Gasteiger partial charge in [0.05, 0.1) is 6.61 Å². The second-order valence-corrected chi connectivity index (χ2v) is 3.70. The first-order valence-corrected chi connectivity index (χ1v) is 5.19. The Balaban J connectivity index is 2.65. The molecule has 17 heavy (non-hydrogen) atoms. The van der Waals surface area contributed by atoms with Crippen molar-refractivity contribution in [1.82, 2.24) is 0 Å². The smallest absolute Gasteiger partial charge is 0.392 e. The summed E-state index contributed by atoms with van der Waals surface area (Å²) in [5.74, 6) is -1.46. The van der Waals surface area contributed by atoms with Crippen molar-refractivity contribution in [1.29, 1.82) is 0 Å². The van der Waals surface area contributed by atoms with E-state index in [1.807, 2.05) is 31.2 Å². The summed E-state index contributed by atoms with van der Waals surface area (Å²) in [6.07, 6.45) is -0.945. The second-order valence-electron chi connectivity index (χ2n) is 3.70. The predicted molar refractivity (Wildman–Crippen MR) is 62.1 cm³/mol. The Kier molecular flexibility index (Phi) is 4.48. The van der Waals surface area contributed by atoms with Crippen LogP contribution in [0.25, 0.3) is 0 Å². The molecule has 0 saturated heterocycles. The minimum atomic E-state index is -1.46. The zero-order valence-corrected chi connectivity index (χ0v) is 10.2. The average Bonchev–Trinajstić information content (AvgIpc) is 2.27. The number of hydrogen-bond donors (Lipinski definition) is 1. The van der Waals surface area contributed by atoms with E-state index in [1.165, 1.54) is 14.0 Å². The standard InChI is InChI=1S/C12H17NO4/c1-9-6-4-5-7-10(9)8-16-12(2,15-3)17-11(13)14/h4-7H,8H2,1-3H3,(H2,13,14). The quantitative estimate of drug-likeness (QED) is 0.797. The van der Waals surface area contributed by atoms with Gasteiger partial charge in [-0.25, -0.2) is 4.79 Å². The van der Waals surface area contributed by atoms with Gasteiger partial charge >= 0.3 is 12.1 Å². The number of carbonyl (C=O) groups is 1. The first-order chi connectivity index (χ1) is 7.97. The Bertz CT molecular complexity index is 394. The van der Waals surface area contributed by atoms with Crippen LogP contribution in [-0.4, -0.2) is 19.2 Å². The Hall–Kier alpha value is -1.59. The van der Waals surface area contributed by atoms with Crippen molar-refractivity contribution in [2.75, 3.05) is 7.11 Å². The molecule has 0 fully saturated rings.